The molecular weight excluding hydrogens is 226 g/mol. The van der Waals surface area contributed by atoms with Crippen LogP contribution in [0.2, 0.25) is 0 Å². The van der Waals surface area contributed by atoms with Gasteiger partial charge in [-0.25, -0.2) is 9.69 Å². The highest BCUT2D eigenvalue weighted by molar-refractivity contribution is 9.09. The van der Waals surface area contributed by atoms with Crippen molar-refractivity contribution in [1.29, 1.82) is 0 Å². The van der Waals surface area contributed by atoms with Crippen LogP contribution in [-0.2, 0) is 9.47 Å². The fourth-order valence-corrected chi connectivity index (χ4v) is 1.09. The van der Waals surface area contributed by atoms with Crippen LogP contribution in [0.15, 0.2) is 12.0 Å². The average Bonchev–Trinajstić information content (AvgIpc) is 2.52. The minimum atomic E-state index is -0.367. The van der Waals surface area contributed by atoms with E-state index in [1.54, 1.807) is 13.1 Å². The number of amides is 1. The molecule has 0 fully saturated rings. The third kappa shape index (κ3) is 2.14. The molecule has 0 saturated heterocycles. The zero-order valence-electron chi connectivity index (χ0n) is 6.75. The Labute approximate surface area is 79.2 Å². The molecular formula is C7H10BrNO3. The van der Waals surface area contributed by atoms with Crippen LogP contribution >= 0.6 is 15.9 Å². The molecule has 1 heterocycles. The van der Waals surface area contributed by atoms with Gasteiger partial charge in [0.15, 0.2) is 6.73 Å². The molecule has 0 saturated carbocycles. The molecule has 68 valence electrons. The average molecular weight is 236 g/mol. The second-order valence-corrected chi connectivity index (χ2v) is 2.73. The zero-order chi connectivity index (χ0) is 8.97. The summed E-state index contributed by atoms with van der Waals surface area (Å²) < 4.78 is 9.89. The highest BCUT2D eigenvalue weighted by atomic mass is 79.9. The topological polar surface area (TPSA) is 38.8 Å². The summed E-state index contributed by atoms with van der Waals surface area (Å²) in [6.07, 6.45) is 1.26. The number of carbonyl (C=O) groups is 1. The lowest BCUT2D eigenvalue weighted by Crippen LogP contribution is -2.24. The van der Waals surface area contributed by atoms with E-state index in [0.29, 0.717) is 11.9 Å². The number of rotatable bonds is 2. The molecule has 1 aliphatic rings. The Balaban J connectivity index is 2.45. The van der Waals surface area contributed by atoms with Crippen molar-refractivity contribution in [2.45, 2.75) is 6.92 Å². The van der Waals surface area contributed by atoms with E-state index in [0.717, 1.165) is 5.76 Å². The summed E-state index contributed by atoms with van der Waals surface area (Å²) in [4.78, 5) is 12.5. The fourth-order valence-electron chi connectivity index (χ4n) is 0.786. The molecule has 0 aromatic rings. The minimum Gasteiger partial charge on any atom is -0.474 e. The fraction of sp³-hybridized carbons (Fsp3) is 0.571. The second kappa shape index (κ2) is 4.35. The van der Waals surface area contributed by atoms with Crippen molar-refractivity contribution in [1.82, 2.24) is 4.90 Å². The first-order valence-corrected chi connectivity index (χ1v) is 4.73. The highest BCUT2D eigenvalue weighted by Gasteiger charge is 2.19. The van der Waals surface area contributed by atoms with E-state index in [1.165, 1.54) is 4.90 Å². The second-order valence-electron chi connectivity index (χ2n) is 2.17. The van der Waals surface area contributed by atoms with Gasteiger partial charge in [0.25, 0.3) is 0 Å². The lowest BCUT2D eigenvalue weighted by Gasteiger charge is -2.09. The van der Waals surface area contributed by atoms with E-state index in [-0.39, 0.29) is 12.8 Å². The molecule has 1 rings (SSSR count). The van der Waals surface area contributed by atoms with Crippen molar-refractivity contribution in [2.75, 3.05) is 18.7 Å². The molecule has 1 aliphatic heterocycles. The van der Waals surface area contributed by atoms with Gasteiger partial charge in [-0.05, 0) is 6.92 Å². The number of alkyl halides is 1. The molecule has 0 radical (unpaired) electrons. The van der Waals surface area contributed by atoms with E-state index >= 15 is 0 Å². The van der Waals surface area contributed by atoms with Crippen molar-refractivity contribution in [3.63, 3.8) is 0 Å². The van der Waals surface area contributed by atoms with Crippen LogP contribution in [0.25, 0.3) is 0 Å². The van der Waals surface area contributed by atoms with Crippen molar-refractivity contribution in [3.8, 4) is 0 Å². The van der Waals surface area contributed by atoms with E-state index in [9.17, 15) is 4.79 Å². The van der Waals surface area contributed by atoms with Gasteiger partial charge in [-0.1, -0.05) is 15.9 Å². The summed E-state index contributed by atoms with van der Waals surface area (Å²) in [6.45, 7) is 2.40. The maximum atomic E-state index is 11.1. The predicted molar refractivity (Wildman–Crippen MR) is 46.7 cm³/mol. The van der Waals surface area contributed by atoms with Crippen LogP contribution in [0.1, 0.15) is 6.92 Å². The monoisotopic (exact) mass is 235 g/mol. The molecule has 0 aromatic carbocycles. The molecule has 0 unspecified atom stereocenters. The molecule has 0 spiro atoms. The van der Waals surface area contributed by atoms with E-state index in [4.69, 9.17) is 9.47 Å². The highest BCUT2D eigenvalue weighted by Crippen LogP contribution is 2.13. The van der Waals surface area contributed by atoms with Crippen molar-refractivity contribution < 1.29 is 14.3 Å². The quantitative estimate of drug-likeness (QED) is 0.684. The number of halogens is 1. The van der Waals surface area contributed by atoms with Crippen LogP contribution in [-0.4, -0.2) is 29.7 Å². The minimum absolute atomic E-state index is 0.250. The van der Waals surface area contributed by atoms with Crippen LogP contribution in [0, 0.1) is 0 Å². The maximum absolute atomic E-state index is 11.1. The molecule has 1 amide bonds. The number of hydrogen-bond donors (Lipinski definition) is 0. The van der Waals surface area contributed by atoms with Gasteiger partial charge in [0.1, 0.15) is 5.76 Å². The smallest absolute Gasteiger partial charge is 0.416 e. The Morgan fingerprint density at radius 2 is 2.67 bits per heavy atom. The Hall–Kier alpha value is -0.710. The van der Waals surface area contributed by atoms with E-state index in [1.807, 2.05) is 0 Å². The van der Waals surface area contributed by atoms with Gasteiger partial charge < -0.3 is 9.47 Å². The van der Waals surface area contributed by atoms with Gasteiger partial charge in [0.05, 0.1) is 18.1 Å². The predicted octanol–water partition coefficient (Wildman–Crippen LogP) is 1.67. The lowest BCUT2D eigenvalue weighted by atomic mass is 10.6. The molecule has 12 heavy (non-hydrogen) atoms. The van der Waals surface area contributed by atoms with E-state index < -0.39 is 0 Å². The van der Waals surface area contributed by atoms with Crippen LogP contribution in [0.3, 0.4) is 0 Å². The summed E-state index contributed by atoms with van der Waals surface area (Å²) in [5.74, 6) is 0.739. The van der Waals surface area contributed by atoms with Gasteiger partial charge in [-0.2, -0.15) is 0 Å². The van der Waals surface area contributed by atoms with Gasteiger partial charge in [0.2, 0.25) is 0 Å². The number of hydrogen-bond acceptors (Lipinski definition) is 3. The van der Waals surface area contributed by atoms with Gasteiger partial charge in [0, 0.05) is 0 Å². The third-order valence-electron chi connectivity index (χ3n) is 1.32. The Morgan fingerprint density at radius 3 is 3.17 bits per heavy atom. The lowest BCUT2D eigenvalue weighted by molar-refractivity contribution is 0.0946. The van der Waals surface area contributed by atoms with Gasteiger partial charge >= 0.3 is 6.09 Å². The largest absolute Gasteiger partial charge is 0.474 e. The molecule has 5 heteroatoms. The Morgan fingerprint density at radius 1 is 1.92 bits per heavy atom. The third-order valence-corrected chi connectivity index (χ3v) is 1.88. The van der Waals surface area contributed by atoms with Crippen molar-refractivity contribution in [2.24, 2.45) is 0 Å². The van der Waals surface area contributed by atoms with Gasteiger partial charge in [-0.3, -0.25) is 0 Å². The molecule has 0 aliphatic carbocycles. The Kier molecular flexibility index (Phi) is 3.40. The normalized spacial score (nSPS) is 15.5. The summed E-state index contributed by atoms with van der Waals surface area (Å²) in [5.41, 5.74) is 0. The van der Waals surface area contributed by atoms with Crippen LogP contribution in [0.4, 0.5) is 4.79 Å². The standard InChI is InChI=1S/C7H10BrNO3/c1-2-11-7(10)9-4-6(3-8)12-5-9/h4H,2-3,5H2,1H3. The van der Waals surface area contributed by atoms with Crippen LogP contribution < -0.4 is 0 Å². The van der Waals surface area contributed by atoms with Gasteiger partial charge in [-0.15, -0.1) is 0 Å². The number of carbonyl (C=O) groups excluding carboxylic acids is 1. The van der Waals surface area contributed by atoms with E-state index in [2.05, 4.69) is 15.9 Å². The van der Waals surface area contributed by atoms with Crippen molar-refractivity contribution in [3.05, 3.63) is 12.0 Å². The number of ether oxygens (including phenoxy) is 2. The summed E-state index contributed by atoms with van der Waals surface area (Å²) in [7, 11) is 0. The summed E-state index contributed by atoms with van der Waals surface area (Å²) in [5, 5.41) is 0.614. The summed E-state index contributed by atoms with van der Waals surface area (Å²) in [6, 6.07) is 0. The molecule has 0 N–H and O–H groups in total. The SMILES string of the molecule is CCOC(=O)N1C=C(CBr)OC1. The molecule has 0 bridgehead atoms. The zero-order valence-corrected chi connectivity index (χ0v) is 8.33. The maximum Gasteiger partial charge on any atom is 0.416 e. The molecule has 0 atom stereocenters. The number of allylic oxidation sites excluding steroid dienone is 1. The number of nitrogens with zero attached hydrogens (tertiary/aromatic N) is 1. The first-order valence-electron chi connectivity index (χ1n) is 3.60. The molecule has 4 nitrogen and oxygen atoms in total. The molecule has 0 aromatic heterocycles. The van der Waals surface area contributed by atoms with Crippen molar-refractivity contribution >= 4 is 22.0 Å². The van der Waals surface area contributed by atoms with Crippen LogP contribution in [0.5, 0.6) is 0 Å². The summed E-state index contributed by atoms with van der Waals surface area (Å²) >= 11 is 3.22. The first-order chi connectivity index (χ1) is 5.77. The first kappa shape index (κ1) is 9.38. The Bertz CT molecular complexity index is 205.